The molecule has 0 spiro atoms. The van der Waals surface area contributed by atoms with Crippen molar-refractivity contribution in [1.29, 1.82) is 0 Å². The summed E-state index contributed by atoms with van der Waals surface area (Å²) in [4.78, 5) is 0. The maximum absolute atomic E-state index is 13.7. The maximum Gasteiger partial charge on any atom is 0.190 e. The van der Waals surface area contributed by atoms with Crippen LogP contribution in [-0.2, 0) is 6.42 Å². The summed E-state index contributed by atoms with van der Waals surface area (Å²) in [7, 11) is 0. The molecule has 0 aliphatic rings. The molecular weight excluding hydrogens is 236 g/mol. The van der Waals surface area contributed by atoms with E-state index in [1.807, 2.05) is 6.92 Å². The van der Waals surface area contributed by atoms with Gasteiger partial charge >= 0.3 is 0 Å². The van der Waals surface area contributed by atoms with Crippen molar-refractivity contribution in [1.82, 2.24) is 0 Å². The standard InChI is InChI=1S/C14H19F2NO/c1-9(2)4-5-18-14-12(15)7-11(6-10(3)17)8-13(14)16/h7-8,10H,1,4-6,17H2,2-3H3. The van der Waals surface area contributed by atoms with Gasteiger partial charge in [-0.2, -0.15) is 0 Å². The molecule has 0 saturated heterocycles. The summed E-state index contributed by atoms with van der Waals surface area (Å²) in [6, 6.07) is 2.39. The molecule has 100 valence electrons. The largest absolute Gasteiger partial charge is 0.487 e. The zero-order valence-electron chi connectivity index (χ0n) is 10.8. The Morgan fingerprint density at radius 2 is 1.94 bits per heavy atom. The molecule has 1 aromatic rings. The Morgan fingerprint density at radius 3 is 2.39 bits per heavy atom. The Balaban J connectivity index is 2.77. The van der Waals surface area contributed by atoms with E-state index >= 15 is 0 Å². The first-order chi connectivity index (χ1) is 8.40. The summed E-state index contributed by atoms with van der Waals surface area (Å²) >= 11 is 0. The monoisotopic (exact) mass is 255 g/mol. The van der Waals surface area contributed by atoms with Gasteiger partial charge in [-0.1, -0.05) is 5.57 Å². The number of halogens is 2. The van der Waals surface area contributed by atoms with Gasteiger partial charge in [-0.05, 0) is 38.0 Å². The molecule has 2 N–H and O–H groups in total. The Labute approximate surface area is 106 Å². The van der Waals surface area contributed by atoms with Gasteiger partial charge in [-0.15, -0.1) is 6.58 Å². The van der Waals surface area contributed by atoms with Crippen LogP contribution in [0.15, 0.2) is 24.3 Å². The van der Waals surface area contributed by atoms with E-state index in [0.717, 1.165) is 5.57 Å². The van der Waals surface area contributed by atoms with Crippen molar-refractivity contribution < 1.29 is 13.5 Å². The number of hydrogen-bond acceptors (Lipinski definition) is 2. The summed E-state index contributed by atoms with van der Waals surface area (Å²) < 4.78 is 32.4. The minimum Gasteiger partial charge on any atom is -0.487 e. The van der Waals surface area contributed by atoms with Crippen molar-refractivity contribution in [3.8, 4) is 5.75 Å². The van der Waals surface area contributed by atoms with Crippen LogP contribution in [0.5, 0.6) is 5.75 Å². The highest BCUT2D eigenvalue weighted by Gasteiger charge is 2.13. The average molecular weight is 255 g/mol. The van der Waals surface area contributed by atoms with E-state index in [-0.39, 0.29) is 18.4 Å². The number of nitrogens with two attached hydrogens (primary N) is 1. The van der Waals surface area contributed by atoms with Crippen LogP contribution in [0, 0.1) is 11.6 Å². The second-order valence-corrected chi connectivity index (χ2v) is 4.63. The minimum absolute atomic E-state index is 0.140. The second-order valence-electron chi connectivity index (χ2n) is 4.63. The molecule has 0 saturated carbocycles. The smallest absolute Gasteiger partial charge is 0.190 e. The molecule has 1 rings (SSSR count). The molecule has 1 atom stereocenters. The fourth-order valence-corrected chi connectivity index (χ4v) is 1.57. The first-order valence-corrected chi connectivity index (χ1v) is 5.91. The lowest BCUT2D eigenvalue weighted by atomic mass is 10.1. The fraction of sp³-hybridized carbons (Fsp3) is 0.429. The Morgan fingerprint density at radius 1 is 1.39 bits per heavy atom. The molecule has 18 heavy (non-hydrogen) atoms. The molecule has 0 bridgehead atoms. The number of rotatable bonds is 6. The third kappa shape index (κ3) is 4.45. The van der Waals surface area contributed by atoms with E-state index in [2.05, 4.69) is 6.58 Å². The highest BCUT2D eigenvalue weighted by Crippen LogP contribution is 2.24. The molecule has 0 heterocycles. The van der Waals surface area contributed by atoms with Gasteiger partial charge in [-0.25, -0.2) is 8.78 Å². The highest BCUT2D eigenvalue weighted by atomic mass is 19.1. The Bertz CT molecular complexity index is 407. The van der Waals surface area contributed by atoms with Gasteiger partial charge in [0.15, 0.2) is 17.4 Å². The Hall–Kier alpha value is -1.42. The third-order valence-electron chi connectivity index (χ3n) is 2.39. The van der Waals surface area contributed by atoms with Crippen LogP contribution < -0.4 is 10.5 Å². The van der Waals surface area contributed by atoms with E-state index in [9.17, 15) is 8.78 Å². The summed E-state index contributed by atoms with van der Waals surface area (Å²) in [5.74, 6) is -1.70. The SMILES string of the molecule is C=C(C)CCOc1c(F)cc(CC(C)N)cc1F. The van der Waals surface area contributed by atoms with Gasteiger partial charge in [0.25, 0.3) is 0 Å². The van der Waals surface area contributed by atoms with Crippen molar-refractivity contribution in [2.45, 2.75) is 32.7 Å². The van der Waals surface area contributed by atoms with Crippen molar-refractivity contribution in [3.63, 3.8) is 0 Å². The summed E-state index contributed by atoms with van der Waals surface area (Å²) in [6.07, 6.45) is 1.00. The van der Waals surface area contributed by atoms with Crippen LogP contribution in [0.2, 0.25) is 0 Å². The van der Waals surface area contributed by atoms with Crippen molar-refractivity contribution >= 4 is 0 Å². The van der Waals surface area contributed by atoms with E-state index in [1.165, 1.54) is 12.1 Å². The lowest BCUT2D eigenvalue weighted by molar-refractivity contribution is 0.288. The maximum atomic E-state index is 13.7. The van der Waals surface area contributed by atoms with Gasteiger partial charge in [0.2, 0.25) is 0 Å². The van der Waals surface area contributed by atoms with Crippen LogP contribution in [0.25, 0.3) is 0 Å². The molecule has 1 aromatic carbocycles. The Kier molecular flexibility index (Phi) is 5.28. The van der Waals surface area contributed by atoms with Crippen LogP contribution in [0.4, 0.5) is 8.78 Å². The molecule has 0 amide bonds. The normalized spacial score (nSPS) is 12.3. The van der Waals surface area contributed by atoms with Gasteiger partial charge in [0, 0.05) is 12.5 Å². The predicted molar refractivity (Wildman–Crippen MR) is 68.6 cm³/mol. The summed E-state index contributed by atoms with van der Waals surface area (Å²) in [5, 5.41) is 0. The molecule has 2 nitrogen and oxygen atoms in total. The first-order valence-electron chi connectivity index (χ1n) is 5.91. The number of hydrogen-bond donors (Lipinski definition) is 1. The zero-order valence-corrected chi connectivity index (χ0v) is 10.8. The highest BCUT2D eigenvalue weighted by molar-refractivity contribution is 5.31. The van der Waals surface area contributed by atoms with Crippen molar-refractivity contribution in [2.24, 2.45) is 5.73 Å². The molecule has 0 aliphatic heterocycles. The number of benzene rings is 1. The molecule has 0 fully saturated rings. The first kappa shape index (κ1) is 14.6. The number of ether oxygens (including phenoxy) is 1. The molecule has 1 unspecified atom stereocenters. The van der Waals surface area contributed by atoms with Crippen LogP contribution >= 0.6 is 0 Å². The minimum atomic E-state index is -0.688. The average Bonchev–Trinajstić information content (AvgIpc) is 2.20. The van der Waals surface area contributed by atoms with Gasteiger partial charge < -0.3 is 10.5 Å². The zero-order chi connectivity index (χ0) is 13.7. The fourth-order valence-electron chi connectivity index (χ4n) is 1.57. The van der Waals surface area contributed by atoms with E-state index in [0.29, 0.717) is 18.4 Å². The predicted octanol–water partition coefficient (Wildman–Crippen LogP) is 3.20. The van der Waals surface area contributed by atoms with Gasteiger partial charge in [-0.3, -0.25) is 0 Å². The van der Waals surface area contributed by atoms with Crippen molar-refractivity contribution in [3.05, 3.63) is 41.5 Å². The lowest BCUT2D eigenvalue weighted by Crippen LogP contribution is -2.18. The van der Waals surface area contributed by atoms with E-state index in [4.69, 9.17) is 10.5 Å². The van der Waals surface area contributed by atoms with Crippen LogP contribution in [0.1, 0.15) is 25.8 Å². The van der Waals surface area contributed by atoms with Gasteiger partial charge in [0.1, 0.15) is 0 Å². The van der Waals surface area contributed by atoms with E-state index < -0.39 is 11.6 Å². The van der Waals surface area contributed by atoms with E-state index in [1.54, 1.807) is 6.92 Å². The summed E-state index contributed by atoms with van der Waals surface area (Å²) in [6.45, 7) is 7.53. The van der Waals surface area contributed by atoms with Crippen LogP contribution in [0.3, 0.4) is 0 Å². The lowest BCUT2D eigenvalue weighted by Gasteiger charge is -2.11. The molecular formula is C14H19F2NO. The molecule has 4 heteroatoms. The molecule has 0 aromatic heterocycles. The van der Waals surface area contributed by atoms with Crippen molar-refractivity contribution in [2.75, 3.05) is 6.61 Å². The molecule has 0 radical (unpaired) electrons. The van der Waals surface area contributed by atoms with Crippen LogP contribution in [-0.4, -0.2) is 12.6 Å². The second kappa shape index (κ2) is 6.50. The quantitative estimate of drug-likeness (QED) is 0.792. The molecule has 0 aliphatic carbocycles. The third-order valence-corrected chi connectivity index (χ3v) is 2.39. The van der Waals surface area contributed by atoms with Gasteiger partial charge in [0.05, 0.1) is 6.61 Å². The summed E-state index contributed by atoms with van der Waals surface area (Å²) in [5.41, 5.74) is 7.03. The topological polar surface area (TPSA) is 35.2 Å².